The molecule has 0 radical (unpaired) electrons. The van der Waals surface area contributed by atoms with Gasteiger partial charge in [0, 0.05) is 4.88 Å². The number of aromatic nitrogens is 3. The third-order valence-electron chi connectivity index (χ3n) is 2.45. The molecule has 0 saturated heterocycles. The van der Waals surface area contributed by atoms with Gasteiger partial charge in [0.15, 0.2) is 5.82 Å². The molecule has 0 bridgehead atoms. The highest BCUT2D eigenvalue weighted by atomic mass is 79.9. The van der Waals surface area contributed by atoms with Crippen LogP contribution in [-0.4, -0.2) is 14.6 Å². The summed E-state index contributed by atoms with van der Waals surface area (Å²) in [7, 11) is 0. The highest BCUT2D eigenvalue weighted by Gasteiger charge is 2.09. The van der Waals surface area contributed by atoms with Gasteiger partial charge in [-0.05, 0) is 51.1 Å². The molecule has 4 nitrogen and oxygen atoms in total. The third kappa shape index (κ3) is 2.23. The van der Waals surface area contributed by atoms with Crippen molar-refractivity contribution in [2.75, 3.05) is 5.32 Å². The van der Waals surface area contributed by atoms with Crippen LogP contribution in [0.25, 0.3) is 5.52 Å². The van der Waals surface area contributed by atoms with Crippen LogP contribution in [0.15, 0.2) is 34.2 Å². The maximum absolute atomic E-state index is 5.91. The Morgan fingerprint density at radius 1 is 1.39 bits per heavy atom. The average molecular weight is 344 g/mol. The van der Waals surface area contributed by atoms with Crippen LogP contribution in [0, 0.1) is 0 Å². The van der Waals surface area contributed by atoms with Gasteiger partial charge in [-0.1, -0.05) is 6.07 Å². The van der Waals surface area contributed by atoms with E-state index < -0.39 is 0 Å². The Morgan fingerprint density at radius 2 is 2.28 bits per heavy atom. The zero-order valence-electron chi connectivity index (χ0n) is 9.10. The molecule has 1 N–H and O–H groups in total. The van der Waals surface area contributed by atoms with Crippen molar-refractivity contribution in [3.63, 3.8) is 0 Å². The second kappa shape index (κ2) is 4.87. The number of fused-ring (bicyclic) bond motifs is 1. The van der Waals surface area contributed by atoms with Gasteiger partial charge in [0.2, 0.25) is 5.28 Å². The Kier molecular flexibility index (Phi) is 3.23. The van der Waals surface area contributed by atoms with Crippen molar-refractivity contribution < 1.29 is 0 Å². The van der Waals surface area contributed by atoms with Gasteiger partial charge in [-0.3, -0.25) is 0 Å². The van der Waals surface area contributed by atoms with Crippen molar-refractivity contribution in [3.8, 4) is 0 Å². The minimum absolute atomic E-state index is 0.216. The molecule has 0 fully saturated rings. The standard InChI is InChI=1S/C11H8BrClN4S/c12-9-4-3-8-10(15-11(13)16-17(8)9)14-6-7-2-1-5-18-7/h1-5H,6H2,(H,14,15,16). The first kappa shape index (κ1) is 12.0. The summed E-state index contributed by atoms with van der Waals surface area (Å²) < 4.78 is 2.56. The smallest absolute Gasteiger partial charge is 0.243 e. The molecule has 0 amide bonds. The molecule has 0 aliphatic carbocycles. The molecule has 3 heterocycles. The molecule has 0 saturated carbocycles. The van der Waals surface area contributed by atoms with Gasteiger partial charge in [0.05, 0.1) is 6.54 Å². The fraction of sp³-hybridized carbons (Fsp3) is 0.0909. The fourth-order valence-corrected chi connectivity index (χ4v) is 2.86. The maximum Gasteiger partial charge on any atom is 0.243 e. The minimum Gasteiger partial charge on any atom is -0.363 e. The number of halogens is 2. The normalized spacial score (nSPS) is 11.0. The highest BCUT2D eigenvalue weighted by molar-refractivity contribution is 9.10. The molecule has 0 unspecified atom stereocenters. The molecule has 0 aliphatic heterocycles. The van der Waals surface area contributed by atoms with Crippen molar-refractivity contribution in [1.82, 2.24) is 14.6 Å². The Hall–Kier alpha value is -1.11. The minimum atomic E-state index is 0.216. The number of hydrogen-bond acceptors (Lipinski definition) is 4. The Balaban J connectivity index is 1.95. The van der Waals surface area contributed by atoms with E-state index in [2.05, 4.69) is 37.4 Å². The van der Waals surface area contributed by atoms with Crippen LogP contribution >= 0.6 is 38.9 Å². The van der Waals surface area contributed by atoms with Crippen LogP contribution in [0.2, 0.25) is 5.28 Å². The summed E-state index contributed by atoms with van der Waals surface area (Å²) in [4.78, 5) is 5.46. The quantitative estimate of drug-likeness (QED) is 0.786. The van der Waals surface area contributed by atoms with E-state index >= 15 is 0 Å². The molecular weight excluding hydrogens is 336 g/mol. The first-order valence-electron chi connectivity index (χ1n) is 5.21. The molecule has 3 rings (SSSR count). The van der Waals surface area contributed by atoms with Gasteiger partial charge in [-0.25, -0.2) is 4.52 Å². The monoisotopic (exact) mass is 342 g/mol. The van der Waals surface area contributed by atoms with Gasteiger partial charge in [0.25, 0.3) is 0 Å². The van der Waals surface area contributed by atoms with E-state index in [1.165, 1.54) is 4.88 Å². The zero-order valence-corrected chi connectivity index (χ0v) is 12.3. The number of anilines is 1. The summed E-state index contributed by atoms with van der Waals surface area (Å²) in [6.07, 6.45) is 0. The van der Waals surface area contributed by atoms with Crippen molar-refractivity contribution >= 4 is 50.2 Å². The predicted molar refractivity (Wildman–Crippen MR) is 77.3 cm³/mol. The Labute approximate surface area is 121 Å². The van der Waals surface area contributed by atoms with Crippen molar-refractivity contribution in [2.24, 2.45) is 0 Å². The van der Waals surface area contributed by atoms with Gasteiger partial charge in [0.1, 0.15) is 10.1 Å². The van der Waals surface area contributed by atoms with Crippen LogP contribution in [-0.2, 0) is 6.54 Å². The van der Waals surface area contributed by atoms with Gasteiger partial charge in [-0.15, -0.1) is 16.4 Å². The number of hydrogen-bond donors (Lipinski definition) is 1. The van der Waals surface area contributed by atoms with Crippen LogP contribution in [0.1, 0.15) is 4.88 Å². The van der Waals surface area contributed by atoms with E-state index in [0.717, 1.165) is 22.5 Å². The van der Waals surface area contributed by atoms with Gasteiger partial charge in [-0.2, -0.15) is 4.98 Å². The van der Waals surface area contributed by atoms with Crippen LogP contribution in [0.5, 0.6) is 0 Å². The average Bonchev–Trinajstić information content (AvgIpc) is 2.97. The lowest BCUT2D eigenvalue weighted by atomic mass is 10.4. The van der Waals surface area contributed by atoms with E-state index in [-0.39, 0.29) is 5.28 Å². The summed E-state index contributed by atoms with van der Waals surface area (Å²) in [5.74, 6) is 0.731. The van der Waals surface area contributed by atoms with Crippen molar-refractivity contribution in [1.29, 1.82) is 0 Å². The van der Waals surface area contributed by atoms with Gasteiger partial charge >= 0.3 is 0 Å². The summed E-state index contributed by atoms with van der Waals surface area (Å²) in [6, 6.07) is 7.96. The molecular formula is C11H8BrClN4S. The van der Waals surface area contributed by atoms with Crippen LogP contribution in [0.4, 0.5) is 5.82 Å². The van der Waals surface area contributed by atoms with Crippen LogP contribution in [0.3, 0.4) is 0 Å². The number of nitrogens with zero attached hydrogens (tertiary/aromatic N) is 3. The lowest BCUT2D eigenvalue weighted by Gasteiger charge is -2.06. The van der Waals surface area contributed by atoms with E-state index in [0.29, 0.717) is 0 Å². The third-order valence-corrected chi connectivity index (χ3v) is 4.09. The topological polar surface area (TPSA) is 42.2 Å². The largest absolute Gasteiger partial charge is 0.363 e. The maximum atomic E-state index is 5.91. The SMILES string of the molecule is Clc1nc(NCc2cccs2)c2ccc(Br)n2n1. The summed E-state index contributed by atoms with van der Waals surface area (Å²) >= 11 is 11.0. The first-order valence-corrected chi connectivity index (χ1v) is 7.26. The molecule has 92 valence electrons. The first-order chi connectivity index (χ1) is 8.74. The molecule has 0 aliphatic rings. The zero-order chi connectivity index (χ0) is 12.5. The number of nitrogens with one attached hydrogen (secondary N) is 1. The molecule has 18 heavy (non-hydrogen) atoms. The molecule has 3 aromatic heterocycles. The second-order valence-electron chi connectivity index (χ2n) is 3.62. The van der Waals surface area contributed by atoms with Crippen molar-refractivity contribution in [2.45, 2.75) is 6.54 Å². The fourth-order valence-electron chi connectivity index (χ4n) is 1.65. The van der Waals surface area contributed by atoms with E-state index in [1.807, 2.05) is 23.6 Å². The molecule has 0 aromatic carbocycles. The summed E-state index contributed by atoms with van der Waals surface area (Å²) in [6.45, 7) is 0.726. The Morgan fingerprint density at radius 3 is 3.06 bits per heavy atom. The molecule has 7 heteroatoms. The molecule has 0 spiro atoms. The van der Waals surface area contributed by atoms with Gasteiger partial charge < -0.3 is 5.32 Å². The Bertz CT molecular complexity index is 680. The van der Waals surface area contributed by atoms with E-state index in [9.17, 15) is 0 Å². The van der Waals surface area contributed by atoms with Crippen molar-refractivity contribution in [3.05, 3.63) is 44.4 Å². The second-order valence-corrected chi connectivity index (χ2v) is 5.80. The van der Waals surface area contributed by atoms with E-state index in [4.69, 9.17) is 11.6 Å². The number of thiophene rings is 1. The highest BCUT2D eigenvalue weighted by Crippen LogP contribution is 2.22. The van der Waals surface area contributed by atoms with Crippen LogP contribution < -0.4 is 5.32 Å². The lowest BCUT2D eigenvalue weighted by Crippen LogP contribution is -2.04. The molecule has 0 atom stereocenters. The lowest BCUT2D eigenvalue weighted by molar-refractivity contribution is 0.884. The summed E-state index contributed by atoms with van der Waals surface area (Å²) in [5, 5.41) is 9.67. The summed E-state index contributed by atoms with van der Waals surface area (Å²) in [5.41, 5.74) is 0.892. The predicted octanol–water partition coefficient (Wildman–Crippen LogP) is 3.82. The molecule has 3 aromatic rings. The van der Waals surface area contributed by atoms with E-state index in [1.54, 1.807) is 15.9 Å². The number of rotatable bonds is 3.